The summed E-state index contributed by atoms with van der Waals surface area (Å²) in [6, 6.07) is 0. The molecule has 5 heteroatoms. The first kappa shape index (κ1) is 9.93. The van der Waals surface area contributed by atoms with Gasteiger partial charge in [0.25, 0.3) is 0 Å². The Morgan fingerprint density at radius 1 is 1.43 bits per heavy atom. The third-order valence-electron chi connectivity index (χ3n) is 2.01. The Kier molecular flexibility index (Phi) is 3.03. The van der Waals surface area contributed by atoms with Gasteiger partial charge in [0.15, 0.2) is 0 Å². The van der Waals surface area contributed by atoms with Crippen LogP contribution in [0, 0.1) is 0 Å². The lowest BCUT2D eigenvalue weighted by Gasteiger charge is -2.02. The topological polar surface area (TPSA) is 30.7 Å². The van der Waals surface area contributed by atoms with Crippen LogP contribution in [0.15, 0.2) is 23.2 Å². The largest absolute Gasteiger partial charge is 0.330 e. The molecule has 2 aromatic heterocycles. The number of pyridine rings is 1. The van der Waals surface area contributed by atoms with Gasteiger partial charge < -0.3 is 4.57 Å². The third-order valence-corrected chi connectivity index (χ3v) is 2.86. The van der Waals surface area contributed by atoms with E-state index in [2.05, 4.69) is 30.5 Å². The Bertz CT molecular complexity index is 441. The van der Waals surface area contributed by atoms with Crippen LogP contribution in [0.4, 0.5) is 0 Å². The molecular formula is C9H9BrClN3. The molecule has 3 nitrogen and oxygen atoms in total. The van der Waals surface area contributed by atoms with Crippen molar-refractivity contribution in [3.63, 3.8) is 0 Å². The zero-order valence-corrected chi connectivity index (χ0v) is 9.79. The third kappa shape index (κ3) is 1.77. The van der Waals surface area contributed by atoms with Gasteiger partial charge in [0, 0.05) is 18.6 Å². The summed E-state index contributed by atoms with van der Waals surface area (Å²) in [5, 5.41) is 0. The standard InChI is InChI=1S/C9H9BrClN3/c10-7-4-12-5-8-9(7)14(6-13-8)3-1-2-11/h4-6H,1-3H2. The van der Waals surface area contributed by atoms with Crippen molar-refractivity contribution in [1.29, 1.82) is 0 Å². The van der Waals surface area contributed by atoms with E-state index in [1.165, 1.54) is 0 Å². The van der Waals surface area contributed by atoms with Crippen LogP contribution >= 0.6 is 27.5 Å². The van der Waals surface area contributed by atoms with E-state index >= 15 is 0 Å². The lowest BCUT2D eigenvalue weighted by Crippen LogP contribution is -1.97. The van der Waals surface area contributed by atoms with E-state index in [-0.39, 0.29) is 0 Å². The van der Waals surface area contributed by atoms with E-state index in [0.717, 1.165) is 28.5 Å². The number of hydrogen-bond acceptors (Lipinski definition) is 2. The van der Waals surface area contributed by atoms with Crippen molar-refractivity contribution in [3.05, 3.63) is 23.2 Å². The average molecular weight is 275 g/mol. The van der Waals surface area contributed by atoms with Crippen LogP contribution in [0.5, 0.6) is 0 Å². The van der Waals surface area contributed by atoms with Gasteiger partial charge in [-0.25, -0.2) is 4.98 Å². The Morgan fingerprint density at radius 2 is 2.29 bits per heavy atom. The second-order valence-corrected chi connectivity index (χ2v) is 4.20. The first-order chi connectivity index (χ1) is 6.83. The molecule has 0 spiro atoms. The van der Waals surface area contributed by atoms with E-state index in [4.69, 9.17) is 11.6 Å². The predicted molar refractivity (Wildman–Crippen MR) is 60.6 cm³/mol. The normalized spacial score (nSPS) is 11.0. The number of halogens is 2. The molecule has 0 saturated carbocycles. The molecule has 0 saturated heterocycles. The van der Waals surface area contributed by atoms with E-state index in [9.17, 15) is 0 Å². The Labute approximate surface area is 95.2 Å². The minimum Gasteiger partial charge on any atom is -0.330 e. The van der Waals surface area contributed by atoms with Gasteiger partial charge in [0.05, 0.1) is 22.5 Å². The minimum absolute atomic E-state index is 0.669. The number of imidazole rings is 1. The molecule has 2 rings (SSSR count). The molecule has 0 bridgehead atoms. The molecule has 0 aliphatic rings. The smallest absolute Gasteiger partial charge is 0.108 e. The molecule has 0 N–H and O–H groups in total. The minimum atomic E-state index is 0.669. The Balaban J connectivity index is 2.45. The van der Waals surface area contributed by atoms with Crippen molar-refractivity contribution in [1.82, 2.24) is 14.5 Å². The fraction of sp³-hybridized carbons (Fsp3) is 0.333. The van der Waals surface area contributed by atoms with Crippen molar-refractivity contribution in [3.8, 4) is 0 Å². The fourth-order valence-electron chi connectivity index (χ4n) is 1.39. The van der Waals surface area contributed by atoms with Crippen LogP contribution in [0.2, 0.25) is 0 Å². The van der Waals surface area contributed by atoms with Crippen LogP contribution in [-0.2, 0) is 6.54 Å². The highest BCUT2D eigenvalue weighted by atomic mass is 79.9. The lowest BCUT2D eigenvalue weighted by molar-refractivity contribution is 0.700. The van der Waals surface area contributed by atoms with Gasteiger partial charge in [-0.05, 0) is 22.4 Å². The maximum absolute atomic E-state index is 5.65. The van der Waals surface area contributed by atoms with E-state index < -0.39 is 0 Å². The van der Waals surface area contributed by atoms with Crippen LogP contribution in [0.25, 0.3) is 11.0 Å². The first-order valence-corrected chi connectivity index (χ1v) is 5.66. The van der Waals surface area contributed by atoms with Crippen molar-refractivity contribution >= 4 is 38.6 Å². The van der Waals surface area contributed by atoms with Crippen LogP contribution in [0.3, 0.4) is 0 Å². The molecule has 2 heterocycles. The molecule has 0 atom stereocenters. The molecule has 0 radical (unpaired) electrons. The number of nitrogens with zero attached hydrogens (tertiary/aromatic N) is 3. The summed E-state index contributed by atoms with van der Waals surface area (Å²) < 4.78 is 3.06. The highest BCUT2D eigenvalue weighted by molar-refractivity contribution is 9.10. The molecule has 0 fully saturated rings. The van der Waals surface area contributed by atoms with Gasteiger partial charge in [0.1, 0.15) is 5.52 Å². The summed E-state index contributed by atoms with van der Waals surface area (Å²) in [6.07, 6.45) is 6.31. The molecule has 2 aromatic rings. The summed E-state index contributed by atoms with van der Waals surface area (Å²) in [4.78, 5) is 8.32. The molecular weight excluding hydrogens is 265 g/mol. The quantitative estimate of drug-likeness (QED) is 0.806. The first-order valence-electron chi connectivity index (χ1n) is 4.33. The monoisotopic (exact) mass is 273 g/mol. The van der Waals surface area contributed by atoms with E-state index in [1.807, 2.05) is 6.33 Å². The maximum Gasteiger partial charge on any atom is 0.108 e. The molecule has 0 aromatic carbocycles. The van der Waals surface area contributed by atoms with Crippen molar-refractivity contribution in [2.75, 3.05) is 5.88 Å². The van der Waals surface area contributed by atoms with Gasteiger partial charge in [-0.3, -0.25) is 4.98 Å². The van der Waals surface area contributed by atoms with Crippen LogP contribution in [0.1, 0.15) is 6.42 Å². The second kappa shape index (κ2) is 4.28. The number of alkyl halides is 1. The fourth-order valence-corrected chi connectivity index (χ4v) is 2.05. The van der Waals surface area contributed by atoms with Crippen LogP contribution in [-0.4, -0.2) is 20.4 Å². The van der Waals surface area contributed by atoms with Gasteiger partial charge in [-0.1, -0.05) is 0 Å². The highest BCUT2D eigenvalue weighted by Crippen LogP contribution is 2.21. The second-order valence-electron chi connectivity index (χ2n) is 2.97. The van der Waals surface area contributed by atoms with Gasteiger partial charge in [0.2, 0.25) is 0 Å². The highest BCUT2D eigenvalue weighted by Gasteiger charge is 2.05. The predicted octanol–water partition coefficient (Wildman–Crippen LogP) is 2.82. The zero-order chi connectivity index (χ0) is 9.97. The summed E-state index contributed by atoms with van der Waals surface area (Å²) in [5.41, 5.74) is 2.00. The molecule has 0 aliphatic carbocycles. The Hall–Kier alpha value is -0.610. The number of aromatic nitrogens is 3. The van der Waals surface area contributed by atoms with E-state index in [1.54, 1.807) is 12.4 Å². The van der Waals surface area contributed by atoms with Crippen molar-refractivity contribution in [2.45, 2.75) is 13.0 Å². The van der Waals surface area contributed by atoms with Gasteiger partial charge in [-0.2, -0.15) is 0 Å². The maximum atomic E-state index is 5.65. The molecule has 0 aliphatic heterocycles. The molecule has 0 unspecified atom stereocenters. The van der Waals surface area contributed by atoms with Crippen molar-refractivity contribution < 1.29 is 0 Å². The Morgan fingerprint density at radius 3 is 3.07 bits per heavy atom. The SMILES string of the molecule is ClCCCn1cnc2cncc(Br)c21. The summed E-state index contributed by atoms with van der Waals surface area (Å²) in [7, 11) is 0. The molecule has 14 heavy (non-hydrogen) atoms. The number of hydrogen-bond donors (Lipinski definition) is 0. The summed E-state index contributed by atoms with van der Waals surface area (Å²) in [5.74, 6) is 0.669. The van der Waals surface area contributed by atoms with Gasteiger partial charge >= 0.3 is 0 Å². The van der Waals surface area contributed by atoms with Crippen LogP contribution < -0.4 is 0 Å². The molecule has 0 amide bonds. The van der Waals surface area contributed by atoms with Crippen molar-refractivity contribution in [2.24, 2.45) is 0 Å². The zero-order valence-electron chi connectivity index (χ0n) is 7.45. The number of rotatable bonds is 3. The molecule has 74 valence electrons. The average Bonchev–Trinajstić information content (AvgIpc) is 2.59. The van der Waals surface area contributed by atoms with E-state index in [0.29, 0.717) is 5.88 Å². The number of fused-ring (bicyclic) bond motifs is 1. The summed E-state index contributed by atoms with van der Waals surface area (Å²) in [6.45, 7) is 0.891. The number of aryl methyl sites for hydroxylation is 1. The summed E-state index contributed by atoms with van der Waals surface area (Å²) >= 11 is 9.11. The lowest BCUT2D eigenvalue weighted by atomic mass is 10.4. The van der Waals surface area contributed by atoms with Gasteiger partial charge in [-0.15, -0.1) is 11.6 Å².